The highest BCUT2D eigenvalue weighted by Crippen LogP contribution is 2.13. The molecule has 21 heavy (non-hydrogen) atoms. The molecule has 0 unspecified atom stereocenters. The van der Waals surface area contributed by atoms with E-state index in [0.29, 0.717) is 5.69 Å². The minimum Gasteiger partial charge on any atom is -0.384 e. The van der Waals surface area contributed by atoms with Crippen molar-refractivity contribution in [2.75, 3.05) is 17.2 Å². The third kappa shape index (κ3) is 4.31. The molecule has 4 heteroatoms. The zero-order valence-electron chi connectivity index (χ0n) is 12.5. The largest absolute Gasteiger partial charge is 0.384 e. The number of rotatable bonds is 6. The van der Waals surface area contributed by atoms with E-state index in [1.165, 1.54) is 5.56 Å². The summed E-state index contributed by atoms with van der Waals surface area (Å²) >= 11 is 0. The summed E-state index contributed by atoms with van der Waals surface area (Å²) in [6, 6.07) is 11.5. The molecule has 0 fully saturated rings. The Kier molecular flexibility index (Phi) is 5.32. The number of aromatic nitrogens is 1. The van der Waals surface area contributed by atoms with Crippen molar-refractivity contribution in [2.45, 2.75) is 26.7 Å². The van der Waals surface area contributed by atoms with Gasteiger partial charge in [0.15, 0.2) is 0 Å². The SMILES string of the molecule is CCCc1ccc(NC(=O)c2ccc(NCC)cn2)cc1. The van der Waals surface area contributed by atoms with Gasteiger partial charge in [-0.15, -0.1) is 0 Å². The van der Waals surface area contributed by atoms with Crippen molar-refractivity contribution in [1.29, 1.82) is 0 Å². The van der Waals surface area contributed by atoms with Crippen molar-refractivity contribution in [3.8, 4) is 0 Å². The van der Waals surface area contributed by atoms with Gasteiger partial charge in [-0.1, -0.05) is 25.5 Å². The van der Waals surface area contributed by atoms with Gasteiger partial charge in [0.1, 0.15) is 5.69 Å². The number of pyridine rings is 1. The lowest BCUT2D eigenvalue weighted by atomic mass is 10.1. The lowest BCUT2D eigenvalue weighted by molar-refractivity contribution is 0.102. The Labute approximate surface area is 125 Å². The van der Waals surface area contributed by atoms with E-state index in [4.69, 9.17) is 0 Å². The van der Waals surface area contributed by atoms with Crippen molar-refractivity contribution in [1.82, 2.24) is 4.98 Å². The molecule has 1 amide bonds. The van der Waals surface area contributed by atoms with E-state index in [-0.39, 0.29) is 5.91 Å². The van der Waals surface area contributed by atoms with E-state index in [1.54, 1.807) is 12.3 Å². The predicted octanol–water partition coefficient (Wildman–Crippen LogP) is 3.72. The average molecular weight is 283 g/mol. The number of amides is 1. The molecule has 4 nitrogen and oxygen atoms in total. The monoisotopic (exact) mass is 283 g/mol. The summed E-state index contributed by atoms with van der Waals surface area (Å²) in [7, 11) is 0. The summed E-state index contributed by atoms with van der Waals surface area (Å²) in [5.74, 6) is -0.193. The fourth-order valence-corrected chi connectivity index (χ4v) is 2.08. The number of nitrogens with zero attached hydrogens (tertiary/aromatic N) is 1. The Morgan fingerprint density at radius 3 is 2.33 bits per heavy atom. The number of nitrogens with one attached hydrogen (secondary N) is 2. The third-order valence-corrected chi connectivity index (χ3v) is 3.13. The molecule has 0 saturated heterocycles. The fourth-order valence-electron chi connectivity index (χ4n) is 2.08. The Balaban J connectivity index is 2.00. The standard InChI is InChI=1S/C17H21N3O/c1-3-5-13-6-8-14(9-7-13)20-17(21)16-11-10-15(12-19-16)18-4-2/h6-12,18H,3-5H2,1-2H3,(H,20,21). The summed E-state index contributed by atoms with van der Waals surface area (Å²) in [6.45, 7) is 5.00. The summed E-state index contributed by atoms with van der Waals surface area (Å²) in [5.41, 5.74) is 3.40. The van der Waals surface area contributed by atoms with Crippen LogP contribution in [0.4, 0.5) is 11.4 Å². The highest BCUT2D eigenvalue weighted by Gasteiger charge is 2.07. The van der Waals surface area contributed by atoms with E-state index >= 15 is 0 Å². The molecular formula is C17H21N3O. The number of hydrogen-bond acceptors (Lipinski definition) is 3. The Morgan fingerprint density at radius 2 is 1.76 bits per heavy atom. The van der Waals surface area contributed by atoms with Crippen LogP contribution in [0.25, 0.3) is 0 Å². The Morgan fingerprint density at radius 1 is 1.05 bits per heavy atom. The zero-order valence-corrected chi connectivity index (χ0v) is 12.5. The van der Waals surface area contributed by atoms with Crippen LogP contribution in [0, 0.1) is 0 Å². The lowest BCUT2D eigenvalue weighted by Crippen LogP contribution is -2.13. The number of benzene rings is 1. The number of hydrogen-bond donors (Lipinski definition) is 2. The van der Waals surface area contributed by atoms with Gasteiger partial charge in [0, 0.05) is 12.2 Å². The third-order valence-electron chi connectivity index (χ3n) is 3.13. The number of carbonyl (C=O) groups is 1. The number of aryl methyl sites for hydroxylation is 1. The van der Waals surface area contributed by atoms with Gasteiger partial charge < -0.3 is 10.6 Å². The van der Waals surface area contributed by atoms with Crippen molar-refractivity contribution in [3.63, 3.8) is 0 Å². The quantitative estimate of drug-likeness (QED) is 0.849. The van der Waals surface area contributed by atoms with Crippen molar-refractivity contribution in [2.24, 2.45) is 0 Å². The summed E-state index contributed by atoms with van der Waals surface area (Å²) in [4.78, 5) is 16.3. The van der Waals surface area contributed by atoms with Crippen LogP contribution in [0.2, 0.25) is 0 Å². The van der Waals surface area contributed by atoms with E-state index in [1.807, 2.05) is 37.3 Å². The molecule has 2 aromatic rings. The van der Waals surface area contributed by atoms with Crippen molar-refractivity contribution >= 4 is 17.3 Å². The van der Waals surface area contributed by atoms with Gasteiger partial charge in [-0.2, -0.15) is 0 Å². The molecule has 1 heterocycles. The maximum atomic E-state index is 12.1. The van der Waals surface area contributed by atoms with E-state index in [9.17, 15) is 4.79 Å². The number of anilines is 2. The molecule has 0 radical (unpaired) electrons. The first-order valence-corrected chi connectivity index (χ1v) is 7.33. The van der Waals surface area contributed by atoms with Crippen LogP contribution in [0.5, 0.6) is 0 Å². The average Bonchev–Trinajstić information content (AvgIpc) is 2.50. The van der Waals surface area contributed by atoms with Gasteiger partial charge in [0.05, 0.1) is 11.9 Å². The van der Waals surface area contributed by atoms with Crippen LogP contribution in [0.1, 0.15) is 36.3 Å². The van der Waals surface area contributed by atoms with Gasteiger partial charge in [-0.3, -0.25) is 4.79 Å². The van der Waals surface area contributed by atoms with E-state index in [2.05, 4.69) is 22.5 Å². The van der Waals surface area contributed by atoms with Gasteiger partial charge in [0.25, 0.3) is 5.91 Å². The minimum absolute atomic E-state index is 0.193. The van der Waals surface area contributed by atoms with Gasteiger partial charge in [-0.05, 0) is 43.2 Å². The Hall–Kier alpha value is -2.36. The van der Waals surface area contributed by atoms with Gasteiger partial charge in [0.2, 0.25) is 0 Å². The molecule has 0 aliphatic heterocycles. The topological polar surface area (TPSA) is 54.0 Å². The van der Waals surface area contributed by atoms with Crippen LogP contribution in [-0.2, 0) is 6.42 Å². The van der Waals surface area contributed by atoms with Crippen LogP contribution in [0.3, 0.4) is 0 Å². The second kappa shape index (κ2) is 7.43. The van der Waals surface area contributed by atoms with Crippen LogP contribution in [-0.4, -0.2) is 17.4 Å². The van der Waals surface area contributed by atoms with E-state index < -0.39 is 0 Å². The lowest BCUT2D eigenvalue weighted by Gasteiger charge is -2.07. The van der Waals surface area contributed by atoms with Crippen molar-refractivity contribution in [3.05, 3.63) is 53.9 Å². The second-order valence-corrected chi connectivity index (χ2v) is 4.86. The molecule has 2 N–H and O–H groups in total. The molecular weight excluding hydrogens is 262 g/mol. The smallest absolute Gasteiger partial charge is 0.274 e. The molecule has 0 spiro atoms. The first-order valence-electron chi connectivity index (χ1n) is 7.33. The molecule has 1 aromatic carbocycles. The molecule has 0 aliphatic carbocycles. The minimum atomic E-state index is -0.193. The molecule has 0 saturated carbocycles. The molecule has 110 valence electrons. The summed E-state index contributed by atoms with van der Waals surface area (Å²) < 4.78 is 0. The first-order chi connectivity index (χ1) is 10.2. The maximum Gasteiger partial charge on any atom is 0.274 e. The van der Waals surface area contributed by atoms with Gasteiger partial charge in [-0.25, -0.2) is 4.98 Å². The fraction of sp³-hybridized carbons (Fsp3) is 0.294. The molecule has 0 bridgehead atoms. The molecule has 0 aliphatic rings. The van der Waals surface area contributed by atoms with E-state index in [0.717, 1.165) is 30.8 Å². The normalized spacial score (nSPS) is 10.2. The Bertz CT molecular complexity index is 576. The second-order valence-electron chi connectivity index (χ2n) is 4.86. The highest BCUT2D eigenvalue weighted by molar-refractivity contribution is 6.02. The molecule has 0 atom stereocenters. The predicted molar refractivity (Wildman–Crippen MR) is 86.8 cm³/mol. The van der Waals surface area contributed by atoms with Crippen molar-refractivity contribution < 1.29 is 4.79 Å². The first kappa shape index (κ1) is 15.0. The molecule has 2 rings (SSSR count). The van der Waals surface area contributed by atoms with Gasteiger partial charge >= 0.3 is 0 Å². The van der Waals surface area contributed by atoms with Crippen LogP contribution in [0.15, 0.2) is 42.6 Å². The zero-order chi connectivity index (χ0) is 15.1. The highest BCUT2D eigenvalue weighted by atomic mass is 16.1. The van der Waals surface area contributed by atoms with Crippen LogP contribution >= 0.6 is 0 Å². The maximum absolute atomic E-state index is 12.1. The van der Waals surface area contributed by atoms with Crippen LogP contribution < -0.4 is 10.6 Å². The summed E-state index contributed by atoms with van der Waals surface area (Å²) in [5, 5.41) is 6.00. The number of carbonyl (C=O) groups excluding carboxylic acids is 1. The molecule has 1 aromatic heterocycles. The summed E-state index contributed by atoms with van der Waals surface area (Å²) in [6.07, 6.45) is 3.85.